The van der Waals surface area contributed by atoms with E-state index in [2.05, 4.69) is 5.32 Å². The van der Waals surface area contributed by atoms with Crippen LogP contribution in [0.1, 0.15) is 24.0 Å². The fourth-order valence-electron chi connectivity index (χ4n) is 3.14. The average Bonchev–Trinajstić information content (AvgIpc) is 3.26. The molecule has 8 heteroatoms. The molecule has 29 heavy (non-hydrogen) atoms. The van der Waals surface area contributed by atoms with Gasteiger partial charge in [-0.2, -0.15) is 0 Å². The van der Waals surface area contributed by atoms with Crippen molar-refractivity contribution in [2.45, 2.75) is 31.2 Å². The first kappa shape index (κ1) is 20.9. The Balaban J connectivity index is 1.79. The molecule has 2 aromatic rings. The SMILES string of the molecule is Cc1ccc(S(=O)(=O)N(CC(=O)NCc2ccccc2)C(=O)N2CCCC2)cc1. The van der Waals surface area contributed by atoms with Gasteiger partial charge in [-0.05, 0) is 37.5 Å². The molecule has 1 aliphatic heterocycles. The van der Waals surface area contributed by atoms with E-state index in [-0.39, 0.29) is 11.4 Å². The third kappa shape index (κ3) is 5.14. The van der Waals surface area contributed by atoms with E-state index in [1.165, 1.54) is 17.0 Å². The van der Waals surface area contributed by atoms with Gasteiger partial charge in [0.1, 0.15) is 6.54 Å². The van der Waals surface area contributed by atoms with Gasteiger partial charge in [0.25, 0.3) is 10.0 Å². The van der Waals surface area contributed by atoms with Crippen molar-refractivity contribution in [3.05, 3.63) is 65.7 Å². The molecule has 0 spiro atoms. The number of benzene rings is 2. The Hall–Kier alpha value is -2.87. The summed E-state index contributed by atoms with van der Waals surface area (Å²) in [6, 6.07) is 14.9. The van der Waals surface area contributed by atoms with Crippen LogP contribution in [0.25, 0.3) is 0 Å². The third-order valence-corrected chi connectivity index (χ3v) is 6.55. The molecule has 1 saturated heterocycles. The molecule has 0 radical (unpaired) electrons. The third-order valence-electron chi connectivity index (χ3n) is 4.82. The second kappa shape index (κ2) is 9.09. The molecule has 154 valence electrons. The second-order valence-electron chi connectivity index (χ2n) is 7.06. The standard InChI is InChI=1S/C21H25N3O4S/c1-17-9-11-19(12-10-17)29(27,28)24(21(26)23-13-5-6-14-23)16-20(25)22-15-18-7-3-2-4-8-18/h2-4,7-12H,5-6,13-16H2,1H3,(H,22,25). The fraction of sp³-hybridized carbons (Fsp3) is 0.333. The monoisotopic (exact) mass is 415 g/mol. The highest BCUT2D eigenvalue weighted by Gasteiger charge is 2.35. The molecule has 3 amide bonds. The van der Waals surface area contributed by atoms with Gasteiger partial charge in [-0.1, -0.05) is 48.0 Å². The quantitative estimate of drug-likeness (QED) is 0.785. The summed E-state index contributed by atoms with van der Waals surface area (Å²) in [5.74, 6) is -0.530. The van der Waals surface area contributed by atoms with Gasteiger partial charge >= 0.3 is 6.03 Å². The van der Waals surface area contributed by atoms with Gasteiger partial charge in [0, 0.05) is 19.6 Å². The van der Waals surface area contributed by atoms with Gasteiger partial charge in [-0.25, -0.2) is 17.5 Å². The maximum Gasteiger partial charge on any atom is 0.334 e. The van der Waals surface area contributed by atoms with Gasteiger partial charge in [0.2, 0.25) is 5.91 Å². The van der Waals surface area contributed by atoms with Crippen LogP contribution >= 0.6 is 0 Å². The molecule has 0 atom stereocenters. The minimum atomic E-state index is -4.15. The van der Waals surface area contributed by atoms with Crippen molar-refractivity contribution in [2.75, 3.05) is 19.6 Å². The summed E-state index contributed by atoms with van der Waals surface area (Å²) in [7, 11) is -4.15. The molecule has 0 aliphatic carbocycles. The number of likely N-dealkylation sites (tertiary alicyclic amines) is 1. The largest absolute Gasteiger partial charge is 0.350 e. The summed E-state index contributed by atoms with van der Waals surface area (Å²) in [5, 5.41) is 2.69. The molecule has 0 saturated carbocycles. The highest BCUT2D eigenvalue weighted by molar-refractivity contribution is 7.89. The molecular formula is C21H25N3O4S. The number of hydrogen-bond donors (Lipinski definition) is 1. The lowest BCUT2D eigenvalue weighted by Crippen LogP contribution is -2.49. The summed E-state index contributed by atoms with van der Waals surface area (Å²) >= 11 is 0. The van der Waals surface area contributed by atoms with Crippen molar-refractivity contribution in [3.63, 3.8) is 0 Å². The first-order valence-electron chi connectivity index (χ1n) is 9.57. The van der Waals surface area contributed by atoms with Crippen molar-refractivity contribution in [2.24, 2.45) is 0 Å². The first-order valence-corrected chi connectivity index (χ1v) is 11.0. The second-order valence-corrected chi connectivity index (χ2v) is 8.93. The van der Waals surface area contributed by atoms with Crippen LogP contribution in [0, 0.1) is 6.92 Å². The van der Waals surface area contributed by atoms with Crippen LogP contribution in [0.5, 0.6) is 0 Å². The maximum absolute atomic E-state index is 13.1. The Bertz CT molecular complexity index is 953. The fourth-order valence-corrected chi connectivity index (χ4v) is 4.48. The van der Waals surface area contributed by atoms with E-state index in [1.807, 2.05) is 37.3 Å². The number of carbonyl (C=O) groups excluding carboxylic acids is 2. The number of rotatable bonds is 6. The first-order chi connectivity index (χ1) is 13.9. The van der Waals surface area contributed by atoms with Crippen molar-refractivity contribution >= 4 is 22.0 Å². The number of aryl methyl sites for hydroxylation is 1. The molecule has 3 rings (SSSR count). The zero-order valence-corrected chi connectivity index (χ0v) is 17.2. The Morgan fingerprint density at radius 1 is 1.00 bits per heavy atom. The number of amides is 3. The van der Waals surface area contributed by atoms with Gasteiger partial charge in [0.05, 0.1) is 4.90 Å². The number of urea groups is 1. The van der Waals surface area contributed by atoms with Gasteiger partial charge in [0.15, 0.2) is 0 Å². The summed E-state index contributed by atoms with van der Waals surface area (Å²) in [4.78, 5) is 26.9. The Kier molecular flexibility index (Phi) is 6.53. The predicted molar refractivity (Wildman–Crippen MR) is 110 cm³/mol. The van der Waals surface area contributed by atoms with E-state index in [0.717, 1.165) is 24.0 Å². The van der Waals surface area contributed by atoms with Crippen LogP contribution in [0.2, 0.25) is 0 Å². The van der Waals surface area contributed by atoms with Crippen LogP contribution in [-0.4, -0.2) is 49.2 Å². The lowest BCUT2D eigenvalue weighted by atomic mass is 10.2. The van der Waals surface area contributed by atoms with E-state index in [1.54, 1.807) is 12.1 Å². The highest BCUT2D eigenvalue weighted by atomic mass is 32.2. The smallest absolute Gasteiger partial charge is 0.334 e. The van der Waals surface area contributed by atoms with Crippen LogP contribution < -0.4 is 5.32 Å². The molecule has 0 bridgehead atoms. The van der Waals surface area contributed by atoms with Crippen LogP contribution in [0.15, 0.2) is 59.5 Å². The number of sulfonamides is 1. The molecule has 1 N–H and O–H groups in total. The maximum atomic E-state index is 13.1. The summed E-state index contributed by atoms with van der Waals surface area (Å²) in [6.45, 7) is 2.53. The number of nitrogens with zero attached hydrogens (tertiary/aromatic N) is 2. The lowest BCUT2D eigenvalue weighted by molar-refractivity contribution is -0.121. The van der Waals surface area contributed by atoms with E-state index in [4.69, 9.17) is 0 Å². The minimum Gasteiger partial charge on any atom is -0.350 e. The highest BCUT2D eigenvalue weighted by Crippen LogP contribution is 2.20. The molecule has 7 nitrogen and oxygen atoms in total. The number of carbonyl (C=O) groups is 2. The van der Waals surface area contributed by atoms with Crippen LogP contribution in [-0.2, 0) is 21.4 Å². The topological polar surface area (TPSA) is 86.8 Å². The Morgan fingerprint density at radius 3 is 2.24 bits per heavy atom. The van der Waals surface area contributed by atoms with Gasteiger partial charge < -0.3 is 10.2 Å². The molecular weight excluding hydrogens is 390 g/mol. The zero-order chi connectivity index (χ0) is 20.9. The normalized spacial score (nSPS) is 13.9. The van der Waals surface area contributed by atoms with E-state index in [9.17, 15) is 18.0 Å². The molecule has 1 fully saturated rings. The summed E-state index contributed by atoms with van der Waals surface area (Å²) < 4.78 is 27.0. The molecule has 1 aliphatic rings. The molecule has 1 heterocycles. The lowest BCUT2D eigenvalue weighted by Gasteiger charge is -2.27. The number of nitrogens with one attached hydrogen (secondary N) is 1. The molecule has 0 unspecified atom stereocenters. The van der Waals surface area contributed by atoms with Crippen molar-refractivity contribution in [1.29, 1.82) is 0 Å². The van der Waals surface area contributed by atoms with E-state index < -0.39 is 28.5 Å². The zero-order valence-electron chi connectivity index (χ0n) is 16.4. The van der Waals surface area contributed by atoms with Gasteiger partial charge in [-0.15, -0.1) is 0 Å². The van der Waals surface area contributed by atoms with E-state index >= 15 is 0 Å². The minimum absolute atomic E-state index is 0.00786. The van der Waals surface area contributed by atoms with Crippen molar-refractivity contribution < 1.29 is 18.0 Å². The van der Waals surface area contributed by atoms with E-state index in [0.29, 0.717) is 17.4 Å². The van der Waals surface area contributed by atoms with Crippen LogP contribution in [0.4, 0.5) is 4.79 Å². The molecule has 0 aromatic heterocycles. The summed E-state index contributed by atoms with van der Waals surface area (Å²) in [5.41, 5.74) is 1.79. The Labute approximate surface area is 171 Å². The summed E-state index contributed by atoms with van der Waals surface area (Å²) in [6.07, 6.45) is 1.65. The molecule has 2 aromatic carbocycles. The number of hydrogen-bond acceptors (Lipinski definition) is 4. The predicted octanol–water partition coefficient (Wildman–Crippen LogP) is 2.52. The van der Waals surface area contributed by atoms with Crippen molar-refractivity contribution in [1.82, 2.24) is 14.5 Å². The van der Waals surface area contributed by atoms with Crippen LogP contribution in [0.3, 0.4) is 0 Å². The van der Waals surface area contributed by atoms with Crippen molar-refractivity contribution in [3.8, 4) is 0 Å². The van der Waals surface area contributed by atoms with Gasteiger partial charge in [-0.3, -0.25) is 4.79 Å². The average molecular weight is 416 g/mol. The Morgan fingerprint density at radius 2 is 1.62 bits per heavy atom.